The maximum Gasteiger partial charge on any atom is 0.251 e. The standard InChI is InChI=1S/C17H23ClINO/c1-16(2)8-12(9-17(3,4)10-16)20-15(21)11-5-6-14(19)13(18)7-11/h5-7,12H,8-10H2,1-4H3,(H,20,21). The molecule has 2 rings (SSSR count). The van der Waals surface area contributed by atoms with Gasteiger partial charge in [0.2, 0.25) is 0 Å². The number of carbonyl (C=O) groups is 1. The smallest absolute Gasteiger partial charge is 0.251 e. The molecule has 4 heteroatoms. The topological polar surface area (TPSA) is 29.1 Å². The molecule has 1 aliphatic carbocycles. The number of amides is 1. The fourth-order valence-electron chi connectivity index (χ4n) is 3.85. The van der Waals surface area contributed by atoms with Gasteiger partial charge in [-0.3, -0.25) is 4.79 Å². The van der Waals surface area contributed by atoms with Crippen LogP contribution in [0.3, 0.4) is 0 Å². The molecule has 0 unspecified atom stereocenters. The van der Waals surface area contributed by atoms with Crippen LogP contribution >= 0.6 is 34.2 Å². The number of carbonyl (C=O) groups excluding carboxylic acids is 1. The molecule has 1 aromatic rings. The summed E-state index contributed by atoms with van der Waals surface area (Å²) in [5.74, 6) is -0.0215. The van der Waals surface area contributed by atoms with Crippen LogP contribution in [0.1, 0.15) is 57.3 Å². The van der Waals surface area contributed by atoms with E-state index in [1.54, 1.807) is 6.07 Å². The fourth-order valence-corrected chi connectivity index (χ4v) is 4.37. The molecule has 1 fully saturated rings. The van der Waals surface area contributed by atoms with Crippen LogP contribution in [0.2, 0.25) is 5.02 Å². The summed E-state index contributed by atoms with van der Waals surface area (Å²) in [6.07, 6.45) is 3.25. The van der Waals surface area contributed by atoms with Crippen molar-refractivity contribution < 1.29 is 4.79 Å². The first-order chi connectivity index (χ1) is 9.58. The van der Waals surface area contributed by atoms with E-state index in [0.717, 1.165) is 16.4 Å². The summed E-state index contributed by atoms with van der Waals surface area (Å²) < 4.78 is 0.964. The zero-order chi connectivity index (χ0) is 15.8. The van der Waals surface area contributed by atoms with Gasteiger partial charge in [0.15, 0.2) is 0 Å². The summed E-state index contributed by atoms with van der Waals surface area (Å²) in [6, 6.07) is 5.70. The Labute approximate surface area is 146 Å². The van der Waals surface area contributed by atoms with Crippen LogP contribution in [-0.4, -0.2) is 11.9 Å². The van der Waals surface area contributed by atoms with Crippen molar-refractivity contribution in [3.63, 3.8) is 0 Å². The number of hydrogen-bond donors (Lipinski definition) is 1. The molecule has 0 bridgehead atoms. The van der Waals surface area contributed by atoms with Gasteiger partial charge in [-0.1, -0.05) is 39.3 Å². The molecule has 2 nitrogen and oxygen atoms in total. The monoisotopic (exact) mass is 419 g/mol. The number of halogens is 2. The van der Waals surface area contributed by atoms with Gasteiger partial charge in [-0.15, -0.1) is 0 Å². The van der Waals surface area contributed by atoms with E-state index in [1.807, 2.05) is 12.1 Å². The average Bonchev–Trinajstić information content (AvgIpc) is 2.28. The van der Waals surface area contributed by atoms with E-state index in [-0.39, 0.29) is 22.8 Å². The van der Waals surface area contributed by atoms with Crippen LogP contribution in [0.5, 0.6) is 0 Å². The minimum absolute atomic E-state index is 0.0215. The highest BCUT2D eigenvalue weighted by atomic mass is 127. The molecule has 0 heterocycles. The predicted molar refractivity (Wildman–Crippen MR) is 96.8 cm³/mol. The molecular formula is C17H23ClINO. The van der Waals surface area contributed by atoms with Crippen molar-refractivity contribution in [3.8, 4) is 0 Å². The van der Waals surface area contributed by atoms with E-state index in [9.17, 15) is 4.79 Å². The first kappa shape index (κ1) is 17.1. The van der Waals surface area contributed by atoms with Crippen molar-refractivity contribution in [2.75, 3.05) is 0 Å². The minimum Gasteiger partial charge on any atom is -0.349 e. The lowest BCUT2D eigenvalue weighted by molar-refractivity contribution is 0.0713. The molecule has 0 saturated heterocycles. The third-order valence-electron chi connectivity index (χ3n) is 4.07. The van der Waals surface area contributed by atoms with Gasteiger partial charge in [0.25, 0.3) is 5.91 Å². The largest absolute Gasteiger partial charge is 0.349 e. The second-order valence-corrected chi connectivity index (χ2v) is 9.28. The molecule has 0 atom stereocenters. The van der Waals surface area contributed by atoms with Gasteiger partial charge in [0, 0.05) is 15.2 Å². The first-order valence-electron chi connectivity index (χ1n) is 7.34. The van der Waals surface area contributed by atoms with Crippen molar-refractivity contribution in [1.29, 1.82) is 0 Å². The molecule has 116 valence electrons. The zero-order valence-corrected chi connectivity index (χ0v) is 16.0. The fraction of sp³-hybridized carbons (Fsp3) is 0.588. The number of hydrogen-bond acceptors (Lipinski definition) is 1. The van der Waals surface area contributed by atoms with E-state index in [1.165, 1.54) is 6.42 Å². The Morgan fingerprint density at radius 2 is 1.81 bits per heavy atom. The lowest BCUT2D eigenvalue weighted by Crippen LogP contribution is -2.46. The number of nitrogens with one attached hydrogen (secondary N) is 1. The van der Waals surface area contributed by atoms with Crippen molar-refractivity contribution in [1.82, 2.24) is 5.32 Å². The Bertz CT molecular complexity index is 538. The number of benzene rings is 1. The quantitative estimate of drug-likeness (QED) is 0.649. The SMILES string of the molecule is CC1(C)CC(NC(=O)c2ccc(I)c(Cl)c2)CC(C)(C)C1. The molecule has 0 radical (unpaired) electrons. The van der Waals surface area contributed by atoms with E-state index in [0.29, 0.717) is 10.6 Å². The lowest BCUT2D eigenvalue weighted by atomic mass is 9.63. The van der Waals surface area contributed by atoms with Gasteiger partial charge < -0.3 is 5.32 Å². The van der Waals surface area contributed by atoms with Crippen molar-refractivity contribution in [2.45, 2.75) is 53.0 Å². The summed E-state index contributed by atoms with van der Waals surface area (Å²) in [4.78, 5) is 12.4. The van der Waals surface area contributed by atoms with Crippen molar-refractivity contribution in [3.05, 3.63) is 32.4 Å². The molecule has 1 aliphatic rings. The normalized spacial score (nSPS) is 21.0. The second kappa shape index (κ2) is 6.07. The number of rotatable bonds is 2. The molecule has 1 amide bonds. The summed E-state index contributed by atoms with van der Waals surface area (Å²) in [7, 11) is 0. The first-order valence-corrected chi connectivity index (χ1v) is 8.80. The van der Waals surface area contributed by atoms with Gasteiger partial charge in [0.1, 0.15) is 0 Å². The molecule has 1 aromatic carbocycles. The van der Waals surface area contributed by atoms with Crippen molar-refractivity contribution in [2.24, 2.45) is 10.8 Å². The van der Waals surface area contributed by atoms with E-state index in [2.05, 4.69) is 55.6 Å². The van der Waals surface area contributed by atoms with Gasteiger partial charge in [-0.2, -0.15) is 0 Å². The average molecular weight is 420 g/mol. The molecule has 0 aromatic heterocycles. The molecule has 0 aliphatic heterocycles. The van der Waals surface area contributed by atoms with Crippen molar-refractivity contribution >= 4 is 40.1 Å². The van der Waals surface area contributed by atoms with E-state index < -0.39 is 0 Å². The molecule has 21 heavy (non-hydrogen) atoms. The van der Waals surface area contributed by atoms with Gasteiger partial charge in [-0.05, 0) is 70.9 Å². The van der Waals surface area contributed by atoms with Gasteiger partial charge >= 0.3 is 0 Å². The van der Waals surface area contributed by atoms with Crippen LogP contribution in [0, 0.1) is 14.4 Å². The summed E-state index contributed by atoms with van der Waals surface area (Å²) >= 11 is 8.27. The third kappa shape index (κ3) is 4.59. The van der Waals surface area contributed by atoms with Crippen LogP contribution in [0.15, 0.2) is 18.2 Å². The Hall–Kier alpha value is -0.290. The lowest BCUT2D eigenvalue weighted by Gasteiger charge is -2.45. The van der Waals surface area contributed by atoms with Crippen LogP contribution < -0.4 is 5.32 Å². The van der Waals surface area contributed by atoms with Crippen LogP contribution in [-0.2, 0) is 0 Å². The zero-order valence-electron chi connectivity index (χ0n) is 13.1. The third-order valence-corrected chi connectivity index (χ3v) is 5.64. The Kier molecular flexibility index (Phi) is 4.94. The maximum atomic E-state index is 12.4. The highest BCUT2D eigenvalue weighted by Gasteiger charge is 2.38. The predicted octanol–water partition coefficient (Wildman–Crippen LogP) is 5.28. The second-order valence-electron chi connectivity index (χ2n) is 7.71. The molecular weight excluding hydrogens is 397 g/mol. The van der Waals surface area contributed by atoms with Crippen LogP contribution in [0.4, 0.5) is 0 Å². The Morgan fingerprint density at radius 3 is 2.33 bits per heavy atom. The van der Waals surface area contributed by atoms with E-state index >= 15 is 0 Å². The molecule has 1 N–H and O–H groups in total. The summed E-state index contributed by atoms with van der Waals surface area (Å²) in [5.41, 5.74) is 1.17. The minimum atomic E-state index is -0.0215. The Balaban J connectivity index is 2.10. The highest BCUT2D eigenvalue weighted by Crippen LogP contribution is 2.45. The summed E-state index contributed by atoms with van der Waals surface area (Å²) in [6.45, 7) is 9.15. The highest BCUT2D eigenvalue weighted by molar-refractivity contribution is 14.1. The Morgan fingerprint density at radius 1 is 1.24 bits per heavy atom. The van der Waals surface area contributed by atoms with Gasteiger partial charge in [-0.25, -0.2) is 0 Å². The summed E-state index contributed by atoms with van der Waals surface area (Å²) in [5, 5.41) is 3.83. The van der Waals surface area contributed by atoms with Gasteiger partial charge in [0.05, 0.1) is 5.02 Å². The molecule has 0 spiro atoms. The maximum absolute atomic E-state index is 12.4. The van der Waals surface area contributed by atoms with E-state index in [4.69, 9.17) is 11.6 Å². The van der Waals surface area contributed by atoms with Crippen LogP contribution in [0.25, 0.3) is 0 Å². The molecule has 1 saturated carbocycles.